The van der Waals surface area contributed by atoms with Crippen molar-refractivity contribution in [1.29, 1.82) is 0 Å². The second kappa shape index (κ2) is 8.93. The average Bonchev–Trinajstić information content (AvgIpc) is 3.10. The summed E-state index contributed by atoms with van der Waals surface area (Å²) in [5.74, 6) is -0.688. The fourth-order valence-electron chi connectivity index (χ4n) is 3.81. The molecule has 4 rings (SSSR count). The Hall–Kier alpha value is -4.13. The van der Waals surface area contributed by atoms with Gasteiger partial charge in [0.2, 0.25) is 5.91 Å². The number of fused-ring (bicyclic) bond motifs is 3. The van der Waals surface area contributed by atoms with Crippen molar-refractivity contribution in [2.24, 2.45) is 5.10 Å². The van der Waals surface area contributed by atoms with Gasteiger partial charge >= 0.3 is 0 Å². The Morgan fingerprint density at radius 3 is 2.53 bits per heavy atom. The van der Waals surface area contributed by atoms with Crippen LogP contribution in [-0.2, 0) is 11.3 Å². The Labute approximate surface area is 185 Å². The van der Waals surface area contributed by atoms with E-state index < -0.39 is 5.91 Å². The van der Waals surface area contributed by atoms with E-state index in [4.69, 9.17) is 0 Å². The number of hydrogen-bond donors (Lipinski definition) is 3. The molecular weight excluding hydrogens is 404 g/mol. The van der Waals surface area contributed by atoms with Crippen molar-refractivity contribution in [2.45, 2.75) is 26.8 Å². The lowest BCUT2D eigenvalue weighted by Gasteiger charge is -2.07. The van der Waals surface area contributed by atoms with E-state index in [0.717, 1.165) is 22.8 Å². The molecule has 0 saturated carbocycles. The number of benzene rings is 3. The molecule has 3 aromatic carbocycles. The summed E-state index contributed by atoms with van der Waals surface area (Å²) in [7, 11) is 0. The number of phenolic OH excluding ortho intramolecular Hbond substituents is 1. The maximum atomic E-state index is 12.5. The number of rotatable bonds is 6. The monoisotopic (exact) mass is 428 g/mol. The van der Waals surface area contributed by atoms with Crippen LogP contribution in [0.3, 0.4) is 0 Å². The van der Waals surface area contributed by atoms with Gasteiger partial charge < -0.3 is 15.0 Å². The third-order valence-corrected chi connectivity index (χ3v) is 5.25. The van der Waals surface area contributed by atoms with Crippen LogP contribution < -0.4 is 10.7 Å². The number of aromatic nitrogens is 1. The summed E-state index contributed by atoms with van der Waals surface area (Å²) >= 11 is 0. The average molecular weight is 428 g/mol. The van der Waals surface area contributed by atoms with E-state index in [-0.39, 0.29) is 23.6 Å². The van der Waals surface area contributed by atoms with E-state index in [1.807, 2.05) is 30.3 Å². The molecule has 0 radical (unpaired) electrons. The standard InChI is InChI=1S/C25H24N4O3/c1-3-29-22-10-5-4-9-20(22)21-15-18(11-12-23(21)29)26-24(31)13-16(2)27-28-25(32)17-7-6-8-19(30)14-17/h4-12,14-15,30H,3,13H2,1-2H3,(H,26,31)(H,28,32)/b27-16+. The number of carbonyl (C=O) groups excluding carboxylic acids is 2. The quantitative estimate of drug-likeness (QED) is 0.308. The summed E-state index contributed by atoms with van der Waals surface area (Å²) in [6.07, 6.45) is 0.0368. The highest BCUT2D eigenvalue weighted by molar-refractivity contribution is 6.11. The first-order chi connectivity index (χ1) is 15.5. The Balaban J connectivity index is 1.45. The highest BCUT2D eigenvalue weighted by atomic mass is 16.3. The number of phenols is 1. The van der Waals surface area contributed by atoms with Crippen molar-refractivity contribution < 1.29 is 14.7 Å². The summed E-state index contributed by atoms with van der Waals surface area (Å²) in [5, 5.41) is 18.6. The van der Waals surface area contributed by atoms with Crippen molar-refractivity contribution >= 4 is 45.0 Å². The third kappa shape index (κ3) is 4.32. The molecule has 0 saturated heterocycles. The molecule has 162 valence electrons. The molecule has 1 heterocycles. The second-order valence-corrected chi connectivity index (χ2v) is 7.56. The maximum absolute atomic E-state index is 12.5. The number of hydrogen-bond acceptors (Lipinski definition) is 4. The number of nitrogens with one attached hydrogen (secondary N) is 2. The summed E-state index contributed by atoms with van der Waals surface area (Å²) in [5.41, 5.74) is 6.14. The predicted molar refractivity (Wildman–Crippen MR) is 127 cm³/mol. The first-order valence-corrected chi connectivity index (χ1v) is 10.4. The number of aromatic hydroxyl groups is 1. The lowest BCUT2D eigenvalue weighted by atomic mass is 10.1. The summed E-state index contributed by atoms with van der Waals surface area (Å²) < 4.78 is 2.25. The van der Waals surface area contributed by atoms with Gasteiger partial charge in [-0.15, -0.1) is 0 Å². The fourth-order valence-corrected chi connectivity index (χ4v) is 3.81. The van der Waals surface area contributed by atoms with Crippen LogP contribution in [0.5, 0.6) is 5.75 Å². The number of anilines is 1. The Morgan fingerprint density at radius 1 is 0.969 bits per heavy atom. The number of amides is 2. The molecule has 4 aromatic rings. The van der Waals surface area contributed by atoms with Gasteiger partial charge in [0.15, 0.2) is 0 Å². The van der Waals surface area contributed by atoms with Gasteiger partial charge in [0.05, 0.1) is 6.42 Å². The van der Waals surface area contributed by atoms with E-state index in [1.165, 1.54) is 17.6 Å². The molecule has 32 heavy (non-hydrogen) atoms. The minimum Gasteiger partial charge on any atom is -0.508 e. The minimum absolute atomic E-state index is 0.00300. The molecule has 0 aliphatic carbocycles. The third-order valence-electron chi connectivity index (χ3n) is 5.25. The predicted octanol–water partition coefficient (Wildman–Crippen LogP) is 4.65. The normalized spacial score (nSPS) is 11.6. The van der Waals surface area contributed by atoms with Gasteiger partial charge in [-0.3, -0.25) is 9.59 Å². The van der Waals surface area contributed by atoms with Crippen molar-refractivity contribution in [3.8, 4) is 5.75 Å². The zero-order valence-electron chi connectivity index (χ0n) is 17.9. The highest BCUT2D eigenvalue weighted by Crippen LogP contribution is 2.31. The van der Waals surface area contributed by atoms with Gasteiger partial charge in [-0.1, -0.05) is 24.3 Å². The molecule has 7 nitrogen and oxygen atoms in total. The molecular formula is C25H24N4O3. The smallest absolute Gasteiger partial charge is 0.271 e. The first kappa shape index (κ1) is 21.1. The van der Waals surface area contributed by atoms with E-state index in [9.17, 15) is 14.7 Å². The molecule has 7 heteroatoms. The lowest BCUT2D eigenvalue weighted by Crippen LogP contribution is -2.21. The SMILES string of the molecule is CCn1c2ccccc2c2cc(NC(=O)C/C(C)=N/NC(=O)c3cccc(O)c3)ccc21. The number of aryl methyl sites for hydroxylation is 1. The van der Waals surface area contributed by atoms with Crippen molar-refractivity contribution in [3.05, 3.63) is 72.3 Å². The van der Waals surface area contributed by atoms with E-state index in [2.05, 4.69) is 39.5 Å². The van der Waals surface area contributed by atoms with Gasteiger partial charge in [0.25, 0.3) is 5.91 Å². The van der Waals surface area contributed by atoms with Gasteiger partial charge in [-0.25, -0.2) is 5.43 Å². The first-order valence-electron chi connectivity index (χ1n) is 10.4. The molecule has 2 amide bonds. The van der Waals surface area contributed by atoms with Crippen LogP contribution in [0.15, 0.2) is 71.8 Å². The molecule has 3 N–H and O–H groups in total. The zero-order valence-corrected chi connectivity index (χ0v) is 17.9. The van der Waals surface area contributed by atoms with Crippen LogP contribution in [0.1, 0.15) is 30.6 Å². The lowest BCUT2D eigenvalue weighted by molar-refractivity contribution is -0.115. The van der Waals surface area contributed by atoms with Crippen LogP contribution in [-0.4, -0.2) is 27.2 Å². The molecule has 0 aliphatic heterocycles. The largest absolute Gasteiger partial charge is 0.508 e. The fraction of sp³-hybridized carbons (Fsp3) is 0.160. The van der Waals surface area contributed by atoms with Gasteiger partial charge in [0.1, 0.15) is 5.75 Å². The maximum Gasteiger partial charge on any atom is 0.271 e. The van der Waals surface area contributed by atoms with Crippen molar-refractivity contribution in [2.75, 3.05) is 5.32 Å². The molecule has 0 fully saturated rings. The molecule has 0 aliphatic rings. The van der Waals surface area contributed by atoms with E-state index in [0.29, 0.717) is 11.4 Å². The number of carbonyl (C=O) groups is 2. The second-order valence-electron chi connectivity index (χ2n) is 7.56. The van der Waals surface area contributed by atoms with Crippen LogP contribution in [0.25, 0.3) is 21.8 Å². The zero-order chi connectivity index (χ0) is 22.7. The number of para-hydroxylation sites is 1. The van der Waals surface area contributed by atoms with Crippen LogP contribution in [0.4, 0.5) is 5.69 Å². The molecule has 0 bridgehead atoms. The van der Waals surface area contributed by atoms with Gasteiger partial charge in [0, 0.05) is 45.3 Å². The summed E-state index contributed by atoms with van der Waals surface area (Å²) in [4.78, 5) is 24.6. The highest BCUT2D eigenvalue weighted by Gasteiger charge is 2.12. The summed E-state index contributed by atoms with van der Waals surface area (Å²) in [6, 6.07) is 20.1. The van der Waals surface area contributed by atoms with Crippen LogP contribution in [0.2, 0.25) is 0 Å². The van der Waals surface area contributed by atoms with Crippen molar-refractivity contribution in [3.63, 3.8) is 0 Å². The summed E-state index contributed by atoms with van der Waals surface area (Å²) in [6.45, 7) is 4.64. The molecule has 0 atom stereocenters. The molecule has 0 spiro atoms. The number of nitrogens with zero attached hydrogens (tertiary/aromatic N) is 2. The Kier molecular flexibility index (Phi) is 5.89. The van der Waals surface area contributed by atoms with E-state index >= 15 is 0 Å². The van der Waals surface area contributed by atoms with Crippen LogP contribution >= 0.6 is 0 Å². The van der Waals surface area contributed by atoms with E-state index in [1.54, 1.807) is 19.1 Å². The number of hydrazone groups is 1. The Bertz CT molecular complexity index is 1350. The molecule has 1 aromatic heterocycles. The van der Waals surface area contributed by atoms with Crippen LogP contribution in [0, 0.1) is 0 Å². The topological polar surface area (TPSA) is 95.7 Å². The van der Waals surface area contributed by atoms with Crippen molar-refractivity contribution in [1.82, 2.24) is 9.99 Å². The van der Waals surface area contributed by atoms with Gasteiger partial charge in [-0.05, 0) is 56.3 Å². The Morgan fingerprint density at radius 2 is 1.75 bits per heavy atom. The minimum atomic E-state index is -0.460. The van der Waals surface area contributed by atoms with Gasteiger partial charge in [-0.2, -0.15) is 5.10 Å². The molecule has 0 unspecified atom stereocenters.